The third-order valence-corrected chi connectivity index (χ3v) is 4.73. The van der Waals surface area contributed by atoms with Crippen molar-refractivity contribution in [3.05, 3.63) is 88.3 Å². The van der Waals surface area contributed by atoms with Gasteiger partial charge in [0.2, 0.25) is 5.43 Å². The third-order valence-electron chi connectivity index (χ3n) is 4.73. The van der Waals surface area contributed by atoms with Crippen LogP contribution in [-0.4, -0.2) is 35.8 Å². The molecule has 29 heavy (non-hydrogen) atoms. The number of carbonyl (C=O) groups is 1. The van der Waals surface area contributed by atoms with Crippen molar-refractivity contribution in [2.75, 3.05) is 25.0 Å². The lowest BCUT2D eigenvalue weighted by Gasteiger charge is -2.19. The average Bonchev–Trinajstić information content (AvgIpc) is 2.74. The SMILES string of the molecule is Cc1cc(=O)c(C(=O)NCCCCN(C)c2ccccc2)nn1-c1ccccc1. The van der Waals surface area contributed by atoms with E-state index in [-0.39, 0.29) is 11.1 Å². The zero-order chi connectivity index (χ0) is 20.6. The van der Waals surface area contributed by atoms with E-state index in [1.165, 1.54) is 11.8 Å². The normalized spacial score (nSPS) is 10.6. The van der Waals surface area contributed by atoms with Gasteiger partial charge < -0.3 is 10.2 Å². The van der Waals surface area contributed by atoms with Gasteiger partial charge in [-0.2, -0.15) is 5.10 Å². The molecule has 0 spiro atoms. The first kappa shape index (κ1) is 20.3. The number of nitrogens with one attached hydrogen (secondary N) is 1. The van der Waals surface area contributed by atoms with E-state index in [9.17, 15) is 9.59 Å². The fourth-order valence-corrected chi connectivity index (χ4v) is 3.11. The van der Waals surface area contributed by atoms with Gasteiger partial charge >= 0.3 is 0 Å². The molecule has 0 aliphatic carbocycles. The minimum atomic E-state index is -0.434. The topological polar surface area (TPSA) is 67.2 Å². The largest absolute Gasteiger partial charge is 0.375 e. The molecule has 3 aromatic rings. The van der Waals surface area contributed by atoms with Crippen molar-refractivity contribution in [2.45, 2.75) is 19.8 Å². The van der Waals surface area contributed by atoms with E-state index in [1.54, 1.807) is 11.6 Å². The molecule has 2 aromatic carbocycles. The quantitative estimate of drug-likeness (QED) is 0.600. The Morgan fingerprint density at radius 1 is 1.03 bits per heavy atom. The third kappa shape index (κ3) is 5.31. The maximum absolute atomic E-state index is 12.5. The van der Waals surface area contributed by atoms with Gasteiger partial charge in [-0.15, -0.1) is 0 Å². The smallest absolute Gasteiger partial charge is 0.275 e. The van der Waals surface area contributed by atoms with E-state index in [0.29, 0.717) is 12.2 Å². The van der Waals surface area contributed by atoms with Crippen LogP contribution in [0.5, 0.6) is 0 Å². The van der Waals surface area contributed by atoms with Crippen molar-refractivity contribution in [1.29, 1.82) is 0 Å². The number of aryl methyl sites for hydroxylation is 1. The van der Waals surface area contributed by atoms with Crippen molar-refractivity contribution in [3.8, 4) is 5.69 Å². The zero-order valence-electron chi connectivity index (χ0n) is 16.8. The number of anilines is 1. The number of nitrogens with zero attached hydrogens (tertiary/aromatic N) is 3. The van der Waals surface area contributed by atoms with Crippen LogP contribution in [0.4, 0.5) is 5.69 Å². The summed E-state index contributed by atoms with van der Waals surface area (Å²) in [5, 5.41) is 7.11. The van der Waals surface area contributed by atoms with Gasteiger partial charge in [0, 0.05) is 37.6 Å². The highest BCUT2D eigenvalue weighted by molar-refractivity contribution is 5.92. The summed E-state index contributed by atoms with van der Waals surface area (Å²) in [6.07, 6.45) is 1.75. The van der Waals surface area contributed by atoms with E-state index in [4.69, 9.17) is 0 Å². The number of unbranched alkanes of at least 4 members (excludes halogenated alkanes) is 1. The minimum Gasteiger partial charge on any atom is -0.375 e. The molecule has 0 bridgehead atoms. The van der Waals surface area contributed by atoms with Gasteiger partial charge in [-0.3, -0.25) is 9.59 Å². The molecule has 0 saturated heterocycles. The fraction of sp³-hybridized carbons (Fsp3) is 0.261. The van der Waals surface area contributed by atoms with E-state index in [1.807, 2.05) is 48.5 Å². The summed E-state index contributed by atoms with van der Waals surface area (Å²) in [5.74, 6) is -0.434. The van der Waals surface area contributed by atoms with Crippen molar-refractivity contribution in [1.82, 2.24) is 15.1 Å². The number of para-hydroxylation sites is 2. The second-order valence-corrected chi connectivity index (χ2v) is 6.97. The highest BCUT2D eigenvalue weighted by atomic mass is 16.2. The summed E-state index contributed by atoms with van der Waals surface area (Å²) in [6, 6.07) is 21.1. The number of rotatable bonds is 8. The molecule has 1 aromatic heterocycles. The molecule has 0 aliphatic heterocycles. The molecular formula is C23H26N4O2. The lowest BCUT2D eigenvalue weighted by atomic mass is 10.2. The van der Waals surface area contributed by atoms with Crippen molar-refractivity contribution >= 4 is 11.6 Å². The summed E-state index contributed by atoms with van der Waals surface area (Å²) in [5.41, 5.74) is 2.21. The second kappa shape index (κ2) is 9.68. The van der Waals surface area contributed by atoms with Crippen molar-refractivity contribution < 1.29 is 4.79 Å². The summed E-state index contributed by atoms with van der Waals surface area (Å²) in [6.45, 7) is 3.19. The first-order valence-electron chi connectivity index (χ1n) is 9.77. The molecule has 6 heteroatoms. The summed E-state index contributed by atoms with van der Waals surface area (Å²) in [4.78, 5) is 26.9. The molecule has 6 nitrogen and oxygen atoms in total. The summed E-state index contributed by atoms with van der Waals surface area (Å²) >= 11 is 0. The first-order valence-corrected chi connectivity index (χ1v) is 9.77. The standard InChI is InChI=1S/C23H26N4O2/c1-18-17-21(28)22(25-27(18)20-13-7-4-8-14-20)23(29)24-15-9-10-16-26(2)19-11-5-3-6-12-19/h3-8,11-14,17H,9-10,15-16H2,1-2H3,(H,24,29). The van der Waals surface area contributed by atoms with Crippen LogP contribution in [0.3, 0.4) is 0 Å². The van der Waals surface area contributed by atoms with Crippen LogP contribution in [-0.2, 0) is 0 Å². The molecule has 1 amide bonds. The zero-order valence-corrected chi connectivity index (χ0v) is 16.8. The van der Waals surface area contributed by atoms with E-state index < -0.39 is 5.91 Å². The number of aromatic nitrogens is 2. The number of benzene rings is 2. The van der Waals surface area contributed by atoms with Gasteiger partial charge in [0.1, 0.15) is 0 Å². The molecule has 0 atom stereocenters. The van der Waals surface area contributed by atoms with Crippen LogP contribution in [0, 0.1) is 6.92 Å². The van der Waals surface area contributed by atoms with Crippen molar-refractivity contribution in [3.63, 3.8) is 0 Å². The Balaban J connectivity index is 1.55. The van der Waals surface area contributed by atoms with Crippen LogP contribution >= 0.6 is 0 Å². The van der Waals surface area contributed by atoms with Crippen LogP contribution in [0.15, 0.2) is 71.5 Å². The Bertz CT molecular complexity index is 1000. The Labute approximate surface area is 170 Å². The van der Waals surface area contributed by atoms with Gasteiger partial charge in [-0.25, -0.2) is 4.68 Å². The lowest BCUT2D eigenvalue weighted by molar-refractivity contribution is 0.0945. The molecule has 0 unspecified atom stereocenters. The molecule has 0 aliphatic rings. The molecule has 150 valence electrons. The Hall–Kier alpha value is -3.41. The molecule has 0 radical (unpaired) electrons. The maximum atomic E-state index is 12.5. The Morgan fingerprint density at radius 3 is 2.38 bits per heavy atom. The second-order valence-electron chi connectivity index (χ2n) is 6.97. The van der Waals surface area contributed by atoms with Gasteiger partial charge in [0.15, 0.2) is 5.69 Å². The number of carbonyl (C=O) groups excluding carboxylic acids is 1. The Morgan fingerprint density at radius 2 is 1.69 bits per heavy atom. The molecule has 0 fully saturated rings. The predicted octanol–water partition coefficient (Wildman–Crippen LogP) is 3.19. The predicted molar refractivity (Wildman–Crippen MR) is 116 cm³/mol. The van der Waals surface area contributed by atoms with Crippen LogP contribution in [0.25, 0.3) is 5.69 Å². The number of hydrogen-bond acceptors (Lipinski definition) is 4. The van der Waals surface area contributed by atoms with Crippen LogP contribution in [0.2, 0.25) is 0 Å². The molecule has 1 heterocycles. The van der Waals surface area contributed by atoms with Gasteiger partial charge in [0.05, 0.1) is 5.69 Å². The van der Waals surface area contributed by atoms with Gasteiger partial charge in [0.25, 0.3) is 5.91 Å². The fourth-order valence-electron chi connectivity index (χ4n) is 3.11. The minimum absolute atomic E-state index is 0.0825. The molecule has 0 saturated carbocycles. The van der Waals surface area contributed by atoms with E-state index in [0.717, 1.165) is 25.1 Å². The van der Waals surface area contributed by atoms with Gasteiger partial charge in [-0.05, 0) is 44.0 Å². The van der Waals surface area contributed by atoms with Crippen molar-refractivity contribution in [2.24, 2.45) is 0 Å². The first-order chi connectivity index (χ1) is 14.1. The average molecular weight is 390 g/mol. The Kier molecular flexibility index (Phi) is 6.79. The monoisotopic (exact) mass is 390 g/mol. The summed E-state index contributed by atoms with van der Waals surface area (Å²) < 4.78 is 1.62. The van der Waals surface area contributed by atoms with Gasteiger partial charge in [-0.1, -0.05) is 36.4 Å². The number of amides is 1. The van der Waals surface area contributed by atoms with E-state index in [2.05, 4.69) is 34.5 Å². The van der Waals surface area contributed by atoms with E-state index >= 15 is 0 Å². The molecular weight excluding hydrogens is 364 g/mol. The van der Waals surface area contributed by atoms with Crippen LogP contribution < -0.4 is 15.6 Å². The summed E-state index contributed by atoms with van der Waals surface area (Å²) in [7, 11) is 2.05. The number of hydrogen-bond donors (Lipinski definition) is 1. The lowest BCUT2D eigenvalue weighted by Crippen LogP contribution is -2.32. The molecule has 1 N–H and O–H groups in total. The highest BCUT2D eigenvalue weighted by Gasteiger charge is 2.14. The van der Waals surface area contributed by atoms with Crippen LogP contribution in [0.1, 0.15) is 29.0 Å². The molecule has 3 rings (SSSR count). The maximum Gasteiger partial charge on any atom is 0.275 e. The highest BCUT2D eigenvalue weighted by Crippen LogP contribution is 2.11.